The van der Waals surface area contributed by atoms with Crippen LogP contribution in [0.5, 0.6) is 0 Å². The summed E-state index contributed by atoms with van der Waals surface area (Å²) in [6.45, 7) is 0. The molecule has 0 radical (unpaired) electrons. The molecule has 16 nitrogen and oxygen atoms in total. The molecule has 0 bridgehead atoms. The van der Waals surface area contributed by atoms with Crippen molar-refractivity contribution < 1.29 is 37.4 Å². The van der Waals surface area contributed by atoms with Crippen LogP contribution >= 0.6 is 90.4 Å². The Morgan fingerprint density at radius 3 is 0.600 bits per heavy atom. The fraction of sp³-hybridized carbons (Fsp3) is 0. The van der Waals surface area contributed by atoms with Crippen molar-refractivity contribution in [3.63, 3.8) is 0 Å². The summed E-state index contributed by atoms with van der Waals surface area (Å²) in [5.74, 6) is 2.87. The molecule has 0 amide bonds. The van der Waals surface area contributed by atoms with Gasteiger partial charge in [0, 0.05) is 70.8 Å². The highest BCUT2D eigenvalue weighted by atomic mass is 127. The van der Waals surface area contributed by atoms with Gasteiger partial charge in [0.1, 0.15) is 48.1 Å². The van der Waals surface area contributed by atoms with Crippen molar-refractivity contribution in [2.45, 2.75) is 0 Å². The van der Waals surface area contributed by atoms with E-state index in [2.05, 4.69) is 90.4 Å². The van der Waals surface area contributed by atoms with Crippen LogP contribution in [0.25, 0.3) is 45.3 Å². The molecule has 0 unspecified atom stereocenters. The number of furan rings is 4. The van der Waals surface area contributed by atoms with Crippen molar-refractivity contribution in [1.82, 2.24) is 0 Å². The van der Waals surface area contributed by atoms with E-state index < -0.39 is 19.7 Å². The van der Waals surface area contributed by atoms with E-state index in [0.29, 0.717) is 23.0 Å². The predicted molar refractivity (Wildman–Crippen MR) is 254 cm³/mol. The lowest BCUT2D eigenvalue weighted by Gasteiger charge is -1.95. The third kappa shape index (κ3) is 13.3. The van der Waals surface area contributed by atoms with Crippen molar-refractivity contribution in [2.75, 3.05) is 0 Å². The predicted octanol–water partition coefficient (Wildman–Crippen LogP) is 13.8. The molecule has 20 heteroatoms. The van der Waals surface area contributed by atoms with Crippen LogP contribution in [0.15, 0.2) is 164 Å². The zero-order valence-corrected chi connectivity index (χ0v) is 38.7. The van der Waals surface area contributed by atoms with Gasteiger partial charge in [0.2, 0.25) is 0 Å². The van der Waals surface area contributed by atoms with Crippen molar-refractivity contribution in [2.24, 2.45) is 0 Å². The molecular weight excluding hydrogens is 1240 g/mol. The monoisotopic (exact) mass is 1260 g/mol. The van der Waals surface area contributed by atoms with E-state index in [4.69, 9.17) is 17.7 Å². The minimum Gasteiger partial charge on any atom is -0.463 e. The standard InChI is InChI=1S/4C10H6INO3/c4*11-8-5-10(15-6-8)7-1-3-9(4-2-7)12(13)14/h4*1-6H. The SMILES string of the molecule is O=[N+]([O-])c1ccc(-c2cc(I)co2)cc1.O=[N+]([O-])c1ccc(-c2cc(I)co2)cc1.O=[N+]([O-])c1ccc(-c2cc(I)co2)cc1.O=[N+]([O-])c1ccc(-c2cc(I)co2)cc1. The Labute approximate surface area is 393 Å². The molecule has 4 aromatic carbocycles. The summed E-state index contributed by atoms with van der Waals surface area (Å²) in [7, 11) is 0. The second-order valence-corrected chi connectivity index (χ2v) is 16.7. The summed E-state index contributed by atoms with van der Waals surface area (Å²) in [6.07, 6.45) is 6.54. The number of benzene rings is 4. The molecule has 4 aromatic heterocycles. The van der Waals surface area contributed by atoms with Gasteiger partial charge >= 0.3 is 0 Å². The largest absolute Gasteiger partial charge is 0.463 e. The van der Waals surface area contributed by atoms with E-state index in [1.54, 1.807) is 73.6 Å². The highest BCUT2D eigenvalue weighted by Gasteiger charge is 2.11. The normalized spacial score (nSPS) is 10.2. The Bertz CT molecular complexity index is 2330. The number of hydrogen-bond acceptors (Lipinski definition) is 12. The van der Waals surface area contributed by atoms with E-state index in [9.17, 15) is 40.5 Å². The first-order valence-electron chi connectivity index (χ1n) is 16.6. The van der Waals surface area contributed by atoms with Gasteiger partial charge in [-0.25, -0.2) is 0 Å². The highest BCUT2D eigenvalue weighted by molar-refractivity contribution is 14.1. The fourth-order valence-corrected chi connectivity index (χ4v) is 6.49. The molecule has 0 aliphatic carbocycles. The molecule has 0 atom stereocenters. The molecule has 0 fully saturated rings. The average molecular weight is 1260 g/mol. The molecule has 60 heavy (non-hydrogen) atoms. The molecule has 0 spiro atoms. The molecule has 0 aliphatic heterocycles. The van der Waals surface area contributed by atoms with Crippen LogP contribution in [-0.4, -0.2) is 19.7 Å². The molecule has 0 saturated heterocycles. The highest BCUT2D eigenvalue weighted by Crippen LogP contribution is 2.28. The second kappa shape index (κ2) is 21.7. The number of nitrogens with zero attached hydrogens (tertiary/aromatic N) is 4. The van der Waals surface area contributed by atoms with Crippen LogP contribution in [0, 0.1) is 54.7 Å². The maximum atomic E-state index is 10.4. The van der Waals surface area contributed by atoms with Crippen LogP contribution in [0.4, 0.5) is 22.7 Å². The van der Waals surface area contributed by atoms with Crippen LogP contribution in [0.1, 0.15) is 0 Å². The lowest BCUT2D eigenvalue weighted by Crippen LogP contribution is -1.86. The molecule has 8 rings (SSSR count). The van der Waals surface area contributed by atoms with Crippen LogP contribution < -0.4 is 0 Å². The van der Waals surface area contributed by atoms with E-state index in [-0.39, 0.29) is 22.7 Å². The lowest BCUT2D eigenvalue weighted by molar-refractivity contribution is -0.385. The minimum absolute atomic E-state index is 0.0833. The topological polar surface area (TPSA) is 225 Å². The molecule has 0 aliphatic rings. The Hall–Kier alpha value is -5.48. The maximum Gasteiger partial charge on any atom is 0.269 e. The number of nitro benzene ring substituents is 4. The Morgan fingerprint density at radius 2 is 0.483 bits per heavy atom. The van der Waals surface area contributed by atoms with Gasteiger partial charge in [-0.05, 0) is 163 Å². The Balaban J connectivity index is 0.000000152. The number of rotatable bonds is 8. The van der Waals surface area contributed by atoms with Gasteiger partial charge in [-0.1, -0.05) is 0 Å². The first-order valence-corrected chi connectivity index (χ1v) is 20.9. The molecular formula is C40H24I4N4O12. The molecule has 4 heterocycles. The molecule has 0 N–H and O–H groups in total. The van der Waals surface area contributed by atoms with E-state index >= 15 is 0 Å². The molecule has 304 valence electrons. The molecule has 0 saturated carbocycles. The summed E-state index contributed by atoms with van der Waals surface area (Å²) in [4.78, 5) is 40.1. The summed E-state index contributed by atoms with van der Waals surface area (Å²) in [5, 5.41) is 41.7. The first-order chi connectivity index (χ1) is 28.7. The number of hydrogen-bond donors (Lipinski definition) is 0. The van der Waals surface area contributed by atoms with Gasteiger partial charge < -0.3 is 17.7 Å². The fourth-order valence-electron chi connectivity index (χ4n) is 4.85. The Morgan fingerprint density at radius 1 is 0.317 bits per heavy atom. The van der Waals surface area contributed by atoms with Gasteiger partial charge in [0.15, 0.2) is 0 Å². The van der Waals surface area contributed by atoms with Crippen LogP contribution in [0.2, 0.25) is 0 Å². The van der Waals surface area contributed by atoms with Gasteiger partial charge in [-0.2, -0.15) is 0 Å². The number of nitro groups is 4. The van der Waals surface area contributed by atoms with Crippen LogP contribution in [-0.2, 0) is 0 Å². The van der Waals surface area contributed by atoms with E-state index in [1.165, 1.54) is 48.5 Å². The number of halogens is 4. The zero-order chi connectivity index (χ0) is 43.3. The van der Waals surface area contributed by atoms with Crippen molar-refractivity contribution in [1.29, 1.82) is 0 Å². The summed E-state index contributed by atoms with van der Waals surface area (Å²) >= 11 is 8.57. The molecule has 8 aromatic rings. The minimum atomic E-state index is -0.421. The van der Waals surface area contributed by atoms with Gasteiger partial charge in [0.25, 0.3) is 22.7 Å². The summed E-state index contributed by atoms with van der Waals surface area (Å²) in [5.41, 5.74) is 3.68. The lowest BCUT2D eigenvalue weighted by atomic mass is 10.1. The second-order valence-electron chi connectivity index (χ2n) is 11.7. The first kappa shape index (κ1) is 45.6. The zero-order valence-electron chi connectivity index (χ0n) is 30.1. The van der Waals surface area contributed by atoms with Gasteiger partial charge in [-0.3, -0.25) is 40.5 Å². The smallest absolute Gasteiger partial charge is 0.269 e. The third-order valence-electron chi connectivity index (χ3n) is 7.72. The van der Waals surface area contributed by atoms with Crippen molar-refractivity contribution >= 4 is 113 Å². The van der Waals surface area contributed by atoms with Crippen molar-refractivity contribution in [3.8, 4) is 45.3 Å². The average Bonchev–Trinajstić information content (AvgIpc) is 4.08. The third-order valence-corrected chi connectivity index (χ3v) is 9.98. The van der Waals surface area contributed by atoms with E-state index in [1.807, 2.05) is 24.3 Å². The van der Waals surface area contributed by atoms with Gasteiger partial charge in [0.05, 0.1) is 34.0 Å². The van der Waals surface area contributed by atoms with Crippen molar-refractivity contribution in [3.05, 3.63) is 201 Å². The van der Waals surface area contributed by atoms with Gasteiger partial charge in [-0.15, -0.1) is 0 Å². The van der Waals surface area contributed by atoms with Crippen LogP contribution in [0.3, 0.4) is 0 Å². The quantitative estimate of drug-likeness (QED) is 0.0787. The van der Waals surface area contributed by atoms with E-state index in [0.717, 1.165) is 36.5 Å². The summed E-state index contributed by atoms with van der Waals surface area (Å²) in [6, 6.07) is 32.6. The number of non-ortho nitro benzene ring substituents is 4. The maximum absolute atomic E-state index is 10.4. The summed E-state index contributed by atoms with van der Waals surface area (Å²) < 4.78 is 25.1. The Kier molecular flexibility index (Phi) is 16.5.